The van der Waals surface area contributed by atoms with Crippen molar-refractivity contribution in [2.75, 3.05) is 13.2 Å². The Morgan fingerprint density at radius 3 is 2.45 bits per heavy atom. The molecule has 0 aliphatic carbocycles. The molecule has 1 atom stereocenters. The van der Waals surface area contributed by atoms with Gasteiger partial charge in [-0.05, 0) is 23.3 Å². The monoisotopic (exact) mass is 303 g/mol. The van der Waals surface area contributed by atoms with Gasteiger partial charge in [0.2, 0.25) is 0 Å². The van der Waals surface area contributed by atoms with Crippen LogP contribution in [0.25, 0.3) is 0 Å². The summed E-state index contributed by atoms with van der Waals surface area (Å²) in [6.45, 7) is 0.257. The van der Waals surface area contributed by atoms with Gasteiger partial charge < -0.3 is 15.2 Å². The molecule has 22 heavy (non-hydrogen) atoms. The average molecular weight is 303 g/mol. The van der Waals surface area contributed by atoms with E-state index < -0.39 is 6.09 Å². The topological polar surface area (TPSA) is 58.6 Å². The number of hydrogen-bond donors (Lipinski definition) is 2. The summed E-state index contributed by atoms with van der Waals surface area (Å²) in [4.78, 5) is 11.6. The number of aliphatic hydroxyl groups is 1. The lowest BCUT2D eigenvalue weighted by Gasteiger charge is -2.15. The number of rotatable bonds is 6. The lowest BCUT2D eigenvalue weighted by Crippen LogP contribution is -2.30. The van der Waals surface area contributed by atoms with Crippen molar-refractivity contribution in [1.29, 1.82) is 0 Å². The number of carbonyl (C=O) groups is 1. The summed E-state index contributed by atoms with van der Waals surface area (Å²) in [7, 11) is 0. The minimum Gasteiger partial charge on any atom is -0.445 e. The molecule has 0 spiro atoms. The number of aliphatic hydroxyl groups excluding tert-OH is 1. The molecule has 0 aromatic heterocycles. The van der Waals surface area contributed by atoms with Gasteiger partial charge in [0.15, 0.2) is 0 Å². The predicted molar refractivity (Wildman–Crippen MR) is 80.9 cm³/mol. The minimum absolute atomic E-state index is 0.148. The fraction of sp³-hybridized carbons (Fsp3) is 0.235. The highest BCUT2D eigenvalue weighted by molar-refractivity contribution is 5.67. The maximum absolute atomic E-state index is 12.9. The highest BCUT2D eigenvalue weighted by Gasteiger charge is 2.12. The molecule has 0 aliphatic rings. The van der Waals surface area contributed by atoms with Crippen molar-refractivity contribution in [3.8, 4) is 0 Å². The largest absolute Gasteiger partial charge is 0.445 e. The third-order valence-electron chi connectivity index (χ3n) is 3.27. The number of ether oxygens (including phenoxy) is 1. The Morgan fingerprint density at radius 2 is 1.82 bits per heavy atom. The molecule has 0 fully saturated rings. The van der Waals surface area contributed by atoms with E-state index in [1.807, 2.05) is 30.3 Å². The first kappa shape index (κ1) is 16.0. The van der Waals surface area contributed by atoms with E-state index in [9.17, 15) is 14.3 Å². The van der Waals surface area contributed by atoms with Crippen LogP contribution in [-0.2, 0) is 11.3 Å². The zero-order valence-corrected chi connectivity index (χ0v) is 12.0. The van der Waals surface area contributed by atoms with Gasteiger partial charge in [0.1, 0.15) is 12.4 Å². The van der Waals surface area contributed by atoms with Crippen LogP contribution in [0.4, 0.5) is 9.18 Å². The molecular formula is C17H18FNO3. The maximum atomic E-state index is 12.9. The molecule has 0 saturated carbocycles. The van der Waals surface area contributed by atoms with Gasteiger partial charge in [0.25, 0.3) is 0 Å². The first-order valence-electron chi connectivity index (χ1n) is 7.00. The van der Waals surface area contributed by atoms with Crippen molar-refractivity contribution in [3.05, 3.63) is 71.5 Å². The first-order valence-corrected chi connectivity index (χ1v) is 7.00. The van der Waals surface area contributed by atoms with E-state index >= 15 is 0 Å². The molecule has 0 bridgehead atoms. The van der Waals surface area contributed by atoms with Crippen molar-refractivity contribution in [3.63, 3.8) is 0 Å². The highest BCUT2D eigenvalue weighted by Crippen LogP contribution is 2.15. The predicted octanol–water partition coefficient (Wildman–Crippen LogP) is 2.83. The third kappa shape index (κ3) is 4.86. The van der Waals surface area contributed by atoms with Crippen LogP contribution in [-0.4, -0.2) is 24.4 Å². The number of nitrogens with one attached hydrogen (secondary N) is 1. The van der Waals surface area contributed by atoms with Gasteiger partial charge in [-0.1, -0.05) is 42.5 Å². The Kier molecular flexibility index (Phi) is 5.91. The van der Waals surface area contributed by atoms with Crippen LogP contribution in [0.2, 0.25) is 0 Å². The summed E-state index contributed by atoms with van der Waals surface area (Å²) in [6, 6.07) is 15.2. The van der Waals surface area contributed by atoms with Gasteiger partial charge in [0, 0.05) is 12.5 Å². The molecule has 2 aromatic carbocycles. The quantitative estimate of drug-likeness (QED) is 0.862. The van der Waals surface area contributed by atoms with Gasteiger partial charge in [-0.15, -0.1) is 0 Å². The fourth-order valence-corrected chi connectivity index (χ4v) is 2.00. The van der Waals surface area contributed by atoms with Crippen molar-refractivity contribution in [2.45, 2.75) is 12.5 Å². The zero-order valence-electron chi connectivity index (χ0n) is 12.0. The lowest BCUT2D eigenvalue weighted by atomic mass is 10.0. The lowest BCUT2D eigenvalue weighted by molar-refractivity contribution is 0.137. The molecule has 4 nitrogen and oxygen atoms in total. The fourth-order valence-electron chi connectivity index (χ4n) is 2.00. The van der Waals surface area contributed by atoms with Gasteiger partial charge in [-0.25, -0.2) is 9.18 Å². The number of hydrogen-bond acceptors (Lipinski definition) is 3. The van der Waals surface area contributed by atoms with Gasteiger partial charge in [0.05, 0.1) is 6.61 Å². The van der Waals surface area contributed by atoms with Gasteiger partial charge >= 0.3 is 6.09 Å². The second kappa shape index (κ2) is 8.14. The van der Waals surface area contributed by atoms with E-state index in [2.05, 4.69) is 5.32 Å². The Morgan fingerprint density at radius 1 is 1.14 bits per heavy atom. The van der Waals surface area contributed by atoms with Crippen LogP contribution in [0, 0.1) is 5.82 Å². The number of alkyl carbamates (subject to hydrolysis) is 1. The van der Waals surface area contributed by atoms with Crippen LogP contribution >= 0.6 is 0 Å². The summed E-state index contributed by atoms with van der Waals surface area (Å²) < 4.78 is 18.0. The molecule has 2 N–H and O–H groups in total. The number of benzene rings is 2. The van der Waals surface area contributed by atoms with Crippen LogP contribution in [0.1, 0.15) is 17.0 Å². The standard InChI is InChI=1S/C17H18FNO3/c18-16-8-6-14(7-9-16)15(11-20)10-19-17(21)22-12-13-4-2-1-3-5-13/h1-9,15,20H,10-12H2,(H,19,21). The smallest absolute Gasteiger partial charge is 0.407 e. The summed E-state index contributed by atoms with van der Waals surface area (Å²) in [5.74, 6) is -0.638. The van der Waals surface area contributed by atoms with E-state index in [0.29, 0.717) is 0 Å². The van der Waals surface area contributed by atoms with Gasteiger partial charge in [-0.3, -0.25) is 0 Å². The van der Waals surface area contributed by atoms with Crippen molar-refractivity contribution < 1.29 is 19.0 Å². The second-order valence-electron chi connectivity index (χ2n) is 4.87. The van der Waals surface area contributed by atoms with Crippen molar-refractivity contribution >= 4 is 6.09 Å². The number of amides is 1. The number of carbonyl (C=O) groups excluding carboxylic acids is 1. The van der Waals surface area contributed by atoms with E-state index in [0.717, 1.165) is 11.1 Å². The Bertz CT molecular complexity index is 587. The summed E-state index contributed by atoms with van der Waals surface area (Å²) in [5.41, 5.74) is 1.65. The van der Waals surface area contributed by atoms with E-state index in [1.165, 1.54) is 12.1 Å². The molecule has 0 aliphatic heterocycles. The molecule has 2 rings (SSSR count). The minimum atomic E-state index is -0.551. The molecule has 1 unspecified atom stereocenters. The summed E-state index contributed by atoms with van der Waals surface area (Å²) >= 11 is 0. The van der Waals surface area contributed by atoms with E-state index in [-0.39, 0.29) is 31.5 Å². The van der Waals surface area contributed by atoms with Crippen molar-refractivity contribution in [2.24, 2.45) is 0 Å². The van der Waals surface area contributed by atoms with Gasteiger partial charge in [-0.2, -0.15) is 0 Å². The number of halogens is 1. The van der Waals surface area contributed by atoms with Crippen LogP contribution in [0.5, 0.6) is 0 Å². The molecule has 1 amide bonds. The molecular weight excluding hydrogens is 285 g/mol. The molecule has 0 saturated heterocycles. The normalized spacial score (nSPS) is 11.7. The maximum Gasteiger partial charge on any atom is 0.407 e. The third-order valence-corrected chi connectivity index (χ3v) is 3.27. The molecule has 5 heteroatoms. The van der Waals surface area contributed by atoms with Crippen LogP contribution < -0.4 is 5.32 Å². The van der Waals surface area contributed by atoms with Crippen LogP contribution in [0.15, 0.2) is 54.6 Å². The molecule has 0 heterocycles. The second-order valence-corrected chi connectivity index (χ2v) is 4.87. The molecule has 0 radical (unpaired) electrons. The summed E-state index contributed by atoms with van der Waals surface area (Å²) in [5, 5.41) is 12.0. The average Bonchev–Trinajstić information content (AvgIpc) is 2.56. The highest BCUT2D eigenvalue weighted by atomic mass is 19.1. The Hall–Kier alpha value is -2.40. The zero-order chi connectivity index (χ0) is 15.8. The van der Waals surface area contributed by atoms with Crippen molar-refractivity contribution in [1.82, 2.24) is 5.32 Å². The molecule has 116 valence electrons. The Labute approximate surface area is 128 Å². The first-order chi connectivity index (χ1) is 10.7. The SMILES string of the molecule is O=C(NCC(CO)c1ccc(F)cc1)OCc1ccccc1. The Balaban J connectivity index is 1.80. The van der Waals surface area contributed by atoms with E-state index in [4.69, 9.17) is 4.74 Å². The van der Waals surface area contributed by atoms with Crippen LogP contribution in [0.3, 0.4) is 0 Å². The van der Waals surface area contributed by atoms with E-state index in [1.54, 1.807) is 12.1 Å². The molecule has 2 aromatic rings. The summed E-state index contributed by atoms with van der Waals surface area (Å²) in [6.07, 6.45) is -0.551.